The van der Waals surface area contributed by atoms with Gasteiger partial charge in [-0.2, -0.15) is 5.21 Å². The van der Waals surface area contributed by atoms with Crippen molar-refractivity contribution in [2.45, 2.75) is 26.3 Å². The van der Waals surface area contributed by atoms with E-state index < -0.39 is 0 Å². The molecule has 1 N–H and O–H groups in total. The van der Waals surface area contributed by atoms with Gasteiger partial charge in [0.05, 0.1) is 18.1 Å². The molecular weight excluding hydrogens is 400 g/mol. The fraction of sp³-hybridized carbons (Fsp3) is 0.200. The van der Waals surface area contributed by atoms with Crippen LogP contribution in [0.15, 0.2) is 66.7 Å². The average Bonchev–Trinajstić information content (AvgIpc) is 3.49. The molecule has 0 saturated carbocycles. The largest absolute Gasteiger partial charge is 0.497 e. The topological polar surface area (TPSA) is 81.5 Å². The van der Waals surface area contributed by atoms with Crippen molar-refractivity contribution in [3.05, 3.63) is 78.1 Å². The molecule has 0 bridgehead atoms. The van der Waals surface area contributed by atoms with Crippen LogP contribution in [-0.2, 0) is 13.0 Å². The molecule has 0 spiro atoms. The number of imidazole rings is 1. The second-order valence-electron chi connectivity index (χ2n) is 7.70. The number of fused-ring (bicyclic) bond motifs is 1. The van der Waals surface area contributed by atoms with Crippen molar-refractivity contribution in [2.75, 3.05) is 7.11 Å². The third kappa shape index (κ3) is 3.73. The van der Waals surface area contributed by atoms with E-state index in [0.717, 1.165) is 53.2 Å². The molecular formula is C25H24N6O. The summed E-state index contributed by atoms with van der Waals surface area (Å²) in [6.07, 6.45) is 2.03. The number of aromatic nitrogens is 6. The van der Waals surface area contributed by atoms with Gasteiger partial charge < -0.3 is 9.30 Å². The minimum absolute atomic E-state index is 0.539. The van der Waals surface area contributed by atoms with E-state index in [2.05, 4.69) is 74.6 Å². The summed E-state index contributed by atoms with van der Waals surface area (Å²) in [5.41, 5.74) is 6.43. The van der Waals surface area contributed by atoms with Crippen molar-refractivity contribution in [3.8, 4) is 28.3 Å². The van der Waals surface area contributed by atoms with E-state index in [4.69, 9.17) is 9.72 Å². The number of aryl methyl sites for hydroxylation is 1. The molecule has 32 heavy (non-hydrogen) atoms. The highest BCUT2D eigenvalue weighted by molar-refractivity contribution is 5.81. The van der Waals surface area contributed by atoms with Crippen LogP contribution in [0.1, 0.15) is 24.7 Å². The number of hydrogen-bond donors (Lipinski definition) is 1. The van der Waals surface area contributed by atoms with Crippen LogP contribution >= 0.6 is 0 Å². The standard InChI is InChI=1S/C25H24N6O/c1-3-6-24-26-22-7-4-5-8-23(22)31(24)16-17-9-11-18(12-10-17)20-14-13-19(32-2)15-21(20)25-27-29-30-28-25/h4-5,7-15H,3,6,16H2,1-2H3,(H,27,28,29,30). The molecule has 2 heterocycles. The van der Waals surface area contributed by atoms with Crippen LogP contribution in [0.4, 0.5) is 0 Å². The van der Waals surface area contributed by atoms with E-state index >= 15 is 0 Å². The Hall–Kier alpha value is -4.00. The number of aromatic amines is 1. The van der Waals surface area contributed by atoms with Crippen molar-refractivity contribution in [3.63, 3.8) is 0 Å². The number of nitrogens with one attached hydrogen (secondary N) is 1. The summed E-state index contributed by atoms with van der Waals surface area (Å²) >= 11 is 0. The lowest BCUT2D eigenvalue weighted by molar-refractivity contribution is 0.415. The van der Waals surface area contributed by atoms with Crippen molar-refractivity contribution in [2.24, 2.45) is 0 Å². The molecule has 0 aliphatic carbocycles. The van der Waals surface area contributed by atoms with Crippen LogP contribution in [-0.4, -0.2) is 37.3 Å². The van der Waals surface area contributed by atoms with Crippen LogP contribution in [0.3, 0.4) is 0 Å². The zero-order valence-corrected chi connectivity index (χ0v) is 18.1. The number of nitrogens with zero attached hydrogens (tertiary/aromatic N) is 5. The van der Waals surface area contributed by atoms with E-state index in [-0.39, 0.29) is 0 Å². The first-order chi connectivity index (χ1) is 15.8. The Morgan fingerprint density at radius 3 is 2.56 bits per heavy atom. The smallest absolute Gasteiger partial charge is 0.205 e. The molecule has 160 valence electrons. The lowest BCUT2D eigenvalue weighted by Gasteiger charge is -2.12. The average molecular weight is 425 g/mol. The summed E-state index contributed by atoms with van der Waals surface area (Å²) < 4.78 is 7.72. The maximum Gasteiger partial charge on any atom is 0.205 e. The number of rotatable bonds is 7. The maximum atomic E-state index is 5.39. The van der Waals surface area contributed by atoms with Crippen molar-refractivity contribution >= 4 is 11.0 Å². The fourth-order valence-corrected chi connectivity index (χ4v) is 4.05. The maximum absolute atomic E-state index is 5.39. The summed E-state index contributed by atoms with van der Waals surface area (Å²) in [4.78, 5) is 4.85. The van der Waals surface area contributed by atoms with Crippen molar-refractivity contribution in [1.82, 2.24) is 30.2 Å². The molecule has 7 heteroatoms. The van der Waals surface area contributed by atoms with E-state index in [9.17, 15) is 0 Å². The van der Waals surface area contributed by atoms with Gasteiger partial charge in [0.25, 0.3) is 0 Å². The molecule has 0 saturated heterocycles. The Kier molecular flexibility index (Phi) is 5.37. The number of hydrogen-bond acceptors (Lipinski definition) is 5. The molecule has 0 amide bonds. The highest BCUT2D eigenvalue weighted by atomic mass is 16.5. The van der Waals surface area contributed by atoms with E-state index in [1.165, 1.54) is 11.1 Å². The summed E-state index contributed by atoms with van der Waals surface area (Å²) in [5.74, 6) is 2.42. The molecule has 0 fully saturated rings. The molecule has 5 rings (SSSR count). The predicted octanol–water partition coefficient (Wildman–Crippen LogP) is 4.89. The minimum Gasteiger partial charge on any atom is -0.497 e. The zero-order chi connectivity index (χ0) is 21.9. The SMILES string of the molecule is CCCc1nc2ccccc2n1Cc1ccc(-c2ccc(OC)cc2-c2nn[nH]n2)cc1. The predicted molar refractivity (Wildman–Crippen MR) is 124 cm³/mol. The van der Waals surface area contributed by atoms with Gasteiger partial charge in [-0.05, 0) is 58.7 Å². The lowest BCUT2D eigenvalue weighted by atomic mass is 9.98. The second kappa shape index (κ2) is 8.63. The van der Waals surface area contributed by atoms with Gasteiger partial charge in [-0.15, -0.1) is 10.2 Å². The normalized spacial score (nSPS) is 11.2. The Morgan fingerprint density at radius 1 is 0.969 bits per heavy atom. The minimum atomic E-state index is 0.539. The third-order valence-corrected chi connectivity index (χ3v) is 5.63. The number of tetrazole rings is 1. The zero-order valence-electron chi connectivity index (χ0n) is 18.1. The van der Waals surface area contributed by atoms with Crippen LogP contribution in [0, 0.1) is 0 Å². The number of ether oxygens (including phenoxy) is 1. The number of methoxy groups -OCH3 is 1. The molecule has 3 aromatic carbocycles. The molecule has 0 unspecified atom stereocenters. The van der Waals surface area contributed by atoms with E-state index in [1.54, 1.807) is 7.11 Å². The van der Waals surface area contributed by atoms with E-state index in [0.29, 0.717) is 5.82 Å². The van der Waals surface area contributed by atoms with Crippen LogP contribution in [0.2, 0.25) is 0 Å². The van der Waals surface area contributed by atoms with Gasteiger partial charge in [-0.25, -0.2) is 4.98 Å². The fourth-order valence-electron chi connectivity index (χ4n) is 4.05. The van der Waals surface area contributed by atoms with Crippen LogP contribution < -0.4 is 4.74 Å². The quantitative estimate of drug-likeness (QED) is 0.402. The first-order valence-electron chi connectivity index (χ1n) is 10.7. The molecule has 7 nitrogen and oxygen atoms in total. The summed E-state index contributed by atoms with van der Waals surface area (Å²) in [7, 11) is 1.65. The van der Waals surface area contributed by atoms with E-state index in [1.807, 2.05) is 24.3 Å². The summed E-state index contributed by atoms with van der Waals surface area (Å²) in [6.45, 7) is 2.98. The van der Waals surface area contributed by atoms with Gasteiger partial charge in [0.1, 0.15) is 11.6 Å². The van der Waals surface area contributed by atoms with Crippen LogP contribution in [0.25, 0.3) is 33.5 Å². The lowest BCUT2D eigenvalue weighted by Crippen LogP contribution is -2.05. The van der Waals surface area contributed by atoms with Gasteiger partial charge in [-0.1, -0.05) is 43.3 Å². The van der Waals surface area contributed by atoms with Crippen molar-refractivity contribution < 1.29 is 4.74 Å². The number of benzene rings is 3. The van der Waals surface area contributed by atoms with Gasteiger partial charge in [0.2, 0.25) is 5.82 Å². The molecule has 0 aliphatic heterocycles. The molecule has 0 radical (unpaired) electrons. The molecule has 5 aromatic rings. The number of para-hydroxylation sites is 2. The Balaban J connectivity index is 1.49. The summed E-state index contributed by atoms with van der Waals surface area (Å²) in [6, 6.07) is 22.9. The van der Waals surface area contributed by atoms with Gasteiger partial charge in [0, 0.05) is 18.5 Å². The Labute approximate surface area is 186 Å². The Bertz CT molecular complexity index is 1340. The molecule has 2 aromatic heterocycles. The highest BCUT2D eigenvalue weighted by Gasteiger charge is 2.14. The monoisotopic (exact) mass is 424 g/mol. The third-order valence-electron chi connectivity index (χ3n) is 5.63. The number of H-pyrrole nitrogens is 1. The molecule has 0 aliphatic rings. The van der Waals surface area contributed by atoms with Gasteiger partial charge in [-0.3, -0.25) is 0 Å². The summed E-state index contributed by atoms with van der Waals surface area (Å²) in [5, 5.41) is 14.6. The second-order valence-corrected chi connectivity index (χ2v) is 7.70. The van der Waals surface area contributed by atoms with Gasteiger partial charge >= 0.3 is 0 Å². The van der Waals surface area contributed by atoms with Gasteiger partial charge in [0.15, 0.2) is 0 Å². The first kappa shape index (κ1) is 19.9. The molecule has 0 atom stereocenters. The Morgan fingerprint density at radius 2 is 1.81 bits per heavy atom. The first-order valence-corrected chi connectivity index (χ1v) is 10.7. The van der Waals surface area contributed by atoms with Crippen molar-refractivity contribution in [1.29, 1.82) is 0 Å². The van der Waals surface area contributed by atoms with Crippen LogP contribution in [0.5, 0.6) is 5.75 Å². The highest BCUT2D eigenvalue weighted by Crippen LogP contribution is 2.33.